The van der Waals surface area contributed by atoms with E-state index in [0.29, 0.717) is 4.47 Å². The molecule has 0 spiro atoms. The predicted octanol–water partition coefficient (Wildman–Crippen LogP) is 3.65. The van der Waals surface area contributed by atoms with Crippen molar-refractivity contribution in [2.45, 2.75) is 0 Å². The maximum Gasteiger partial charge on any atom is 0.220 e. The molecule has 2 aromatic rings. The summed E-state index contributed by atoms with van der Waals surface area (Å²) in [6, 6.07) is 11.1. The number of nitriles is 1. The van der Waals surface area contributed by atoms with Crippen LogP contribution in [0.3, 0.4) is 0 Å². The molecule has 84 valence electrons. The minimum Gasteiger partial charge on any atom is -0.436 e. The number of halogens is 2. The number of benzene rings is 1. The van der Waals surface area contributed by atoms with E-state index in [1.807, 2.05) is 6.07 Å². The van der Waals surface area contributed by atoms with E-state index in [4.69, 9.17) is 10.00 Å². The first-order valence-corrected chi connectivity index (χ1v) is 5.48. The van der Waals surface area contributed by atoms with Crippen molar-refractivity contribution in [3.8, 4) is 17.7 Å². The van der Waals surface area contributed by atoms with Crippen LogP contribution in [0.2, 0.25) is 0 Å². The van der Waals surface area contributed by atoms with E-state index >= 15 is 0 Å². The summed E-state index contributed by atoms with van der Waals surface area (Å²) in [4.78, 5) is 3.89. The van der Waals surface area contributed by atoms with Crippen molar-refractivity contribution in [1.29, 1.82) is 5.26 Å². The molecule has 5 heteroatoms. The fourth-order valence-electron chi connectivity index (χ4n) is 1.20. The van der Waals surface area contributed by atoms with Gasteiger partial charge in [0.25, 0.3) is 0 Å². The second-order valence-electron chi connectivity index (χ2n) is 3.15. The highest BCUT2D eigenvalue weighted by molar-refractivity contribution is 9.10. The van der Waals surface area contributed by atoms with Gasteiger partial charge in [-0.2, -0.15) is 5.26 Å². The van der Waals surface area contributed by atoms with Gasteiger partial charge in [-0.15, -0.1) is 0 Å². The highest BCUT2D eigenvalue weighted by Crippen LogP contribution is 2.25. The normalized spacial score (nSPS) is 9.71. The van der Waals surface area contributed by atoms with Crippen molar-refractivity contribution < 1.29 is 9.13 Å². The molecule has 1 heterocycles. The van der Waals surface area contributed by atoms with Gasteiger partial charge in [-0.1, -0.05) is 22.0 Å². The molecule has 1 aromatic carbocycles. The van der Waals surface area contributed by atoms with Gasteiger partial charge in [-0.05, 0) is 24.3 Å². The van der Waals surface area contributed by atoms with Gasteiger partial charge in [0.2, 0.25) is 5.88 Å². The third kappa shape index (κ3) is 2.80. The Morgan fingerprint density at radius 3 is 2.82 bits per heavy atom. The summed E-state index contributed by atoms with van der Waals surface area (Å²) >= 11 is 3.15. The number of aromatic nitrogens is 1. The molecular formula is C12H6BrFN2O. The van der Waals surface area contributed by atoms with Gasteiger partial charge in [0.1, 0.15) is 11.8 Å². The van der Waals surface area contributed by atoms with Crippen LogP contribution < -0.4 is 4.74 Å². The number of rotatable bonds is 2. The van der Waals surface area contributed by atoms with Crippen molar-refractivity contribution in [1.82, 2.24) is 4.98 Å². The van der Waals surface area contributed by atoms with E-state index in [9.17, 15) is 4.39 Å². The molecule has 0 radical (unpaired) electrons. The Balaban J connectivity index is 2.28. The molecule has 1 aromatic heterocycles. The molecule has 2 rings (SSSR count). The Morgan fingerprint density at radius 1 is 1.29 bits per heavy atom. The zero-order chi connectivity index (χ0) is 12.3. The summed E-state index contributed by atoms with van der Waals surface area (Å²) < 4.78 is 19.3. The lowest BCUT2D eigenvalue weighted by atomic mass is 10.3. The van der Waals surface area contributed by atoms with Crippen molar-refractivity contribution >= 4 is 15.9 Å². The van der Waals surface area contributed by atoms with Crippen LogP contribution in [0.5, 0.6) is 11.6 Å². The Kier molecular flexibility index (Phi) is 3.35. The zero-order valence-electron chi connectivity index (χ0n) is 8.52. The Hall–Kier alpha value is -1.93. The van der Waals surface area contributed by atoms with E-state index in [2.05, 4.69) is 20.9 Å². The minimum atomic E-state index is -0.497. The second-order valence-corrected chi connectivity index (χ2v) is 4.07. The van der Waals surface area contributed by atoms with Crippen molar-refractivity contribution in [2.24, 2.45) is 0 Å². The Morgan fingerprint density at radius 2 is 2.12 bits per heavy atom. The molecular weight excluding hydrogens is 287 g/mol. The molecule has 0 atom stereocenters. The number of nitrogens with zero attached hydrogens (tertiary/aromatic N) is 2. The number of ether oxygens (including phenoxy) is 1. The molecule has 0 aliphatic rings. The first-order valence-electron chi connectivity index (χ1n) is 4.69. The number of pyridine rings is 1. The van der Waals surface area contributed by atoms with Crippen LogP contribution in [-0.2, 0) is 0 Å². The first kappa shape index (κ1) is 11.6. The van der Waals surface area contributed by atoms with E-state index in [0.717, 1.165) is 0 Å². The van der Waals surface area contributed by atoms with E-state index < -0.39 is 5.82 Å². The van der Waals surface area contributed by atoms with Gasteiger partial charge in [-0.25, -0.2) is 9.37 Å². The van der Waals surface area contributed by atoms with E-state index in [1.54, 1.807) is 24.3 Å². The van der Waals surface area contributed by atoms with E-state index in [-0.39, 0.29) is 17.3 Å². The molecule has 17 heavy (non-hydrogen) atoms. The van der Waals surface area contributed by atoms with Gasteiger partial charge in [-0.3, -0.25) is 0 Å². The second kappa shape index (κ2) is 4.93. The maximum atomic E-state index is 13.5. The fourth-order valence-corrected chi connectivity index (χ4v) is 1.54. The smallest absolute Gasteiger partial charge is 0.220 e. The third-order valence-electron chi connectivity index (χ3n) is 1.95. The average Bonchev–Trinajstić information content (AvgIpc) is 2.33. The fraction of sp³-hybridized carbons (Fsp3) is 0. The van der Waals surface area contributed by atoms with Crippen LogP contribution in [0.4, 0.5) is 4.39 Å². The van der Waals surface area contributed by atoms with Crippen molar-refractivity contribution in [3.05, 3.63) is 52.4 Å². The molecule has 0 amide bonds. The minimum absolute atomic E-state index is 0.0655. The van der Waals surface area contributed by atoms with Crippen LogP contribution in [0.15, 0.2) is 40.9 Å². The lowest BCUT2D eigenvalue weighted by Gasteiger charge is -2.05. The quantitative estimate of drug-likeness (QED) is 0.849. The van der Waals surface area contributed by atoms with Crippen LogP contribution in [0.1, 0.15) is 5.69 Å². The standard InChI is InChI=1S/C12H6BrFN2O/c13-8-4-5-11(10(14)6-8)17-12-3-1-2-9(7-15)16-12/h1-6H. The highest BCUT2D eigenvalue weighted by atomic mass is 79.9. The molecule has 0 fully saturated rings. The number of hydrogen-bond donors (Lipinski definition) is 0. The zero-order valence-corrected chi connectivity index (χ0v) is 10.1. The summed E-state index contributed by atoms with van der Waals surface area (Å²) in [7, 11) is 0. The summed E-state index contributed by atoms with van der Waals surface area (Å²) in [6.45, 7) is 0. The van der Waals surface area contributed by atoms with Crippen LogP contribution in [0.25, 0.3) is 0 Å². The topological polar surface area (TPSA) is 45.9 Å². The van der Waals surface area contributed by atoms with Crippen LogP contribution in [-0.4, -0.2) is 4.98 Å². The van der Waals surface area contributed by atoms with Crippen LogP contribution in [0, 0.1) is 17.1 Å². The third-order valence-corrected chi connectivity index (χ3v) is 2.44. The number of hydrogen-bond acceptors (Lipinski definition) is 3. The maximum absolute atomic E-state index is 13.5. The Labute approximate surface area is 106 Å². The molecule has 0 bridgehead atoms. The monoisotopic (exact) mass is 292 g/mol. The highest BCUT2D eigenvalue weighted by Gasteiger charge is 2.06. The molecule has 0 N–H and O–H groups in total. The predicted molar refractivity (Wildman–Crippen MR) is 63.1 cm³/mol. The van der Waals surface area contributed by atoms with Crippen molar-refractivity contribution in [2.75, 3.05) is 0 Å². The van der Waals surface area contributed by atoms with Gasteiger partial charge in [0, 0.05) is 10.5 Å². The summed E-state index contributed by atoms with van der Waals surface area (Å²) in [5.41, 5.74) is 0.222. The average molecular weight is 293 g/mol. The van der Waals surface area contributed by atoms with Gasteiger partial charge in [0.05, 0.1) is 0 Å². The van der Waals surface area contributed by atoms with E-state index in [1.165, 1.54) is 12.1 Å². The molecule has 0 saturated heterocycles. The summed E-state index contributed by atoms with van der Waals surface area (Å²) in [5.74, 6) is -0.246. The Bertz CT molecular complexity index is 595. The SMILES string of the molecule is N#Cc1cccc(Oc2ccc(Br)cc2F)n1. The lowest BCUT2D eigenvalue weighted by molar-refractivity contribution is 0.427. The van der Waals surface area contributed by atoms with Gasteiger partial charge < -0.3 is 4.74 Å². The first-order chi connectivity index (χ1) is 8.19. The lowest BCUT2D eigenvalue weighted by Crippen LogP contribution is -1.92. The van der Waals surface area contributed by atoms with Gasteiger partial charge >= 0.3 is 0 Å². The molecule has 3 nitrogen and oxygen atoms in total. The summed E-state index contributed by atoms with van der Waals surface area (Å²) in [6.07, 6.45) is 0. The molecule has 0 saturated carbocycles. The molecule has 0 unspecified atom stereocenters. The largest absolute Gasteiger partial charge is 0.436 e. The summed E-state index contributed by atoms with van der Waals surface area (Å²) in [5, 5.41) is 8.67. The molecule has 0 aliphatic heterocycles. The van der Waals surface area contributed by atoms with Gasteiger partial charge in [0.15, 0.2) is 11.6 Å². The molecule has 0 aliphatic carbocycles. The van der Waals surface area contributed by atoms with Crippen LogP contribution >= 0.6 is 15.9 Å². The van der Waals surface area contributed by atoms with Crippen molar-refractivity contribution in [3.63, 3.8) is 0 Å².